The molecule has 1 aromatic rings. The van der Waals surface area contributed by atoms with E-state index < -0.39 is 6.10 Å². The zero-order valence-electron chi connectivity index (χ0n) is 7.77. The SMILES string of the molecule is Br.CNCC(O)c1ccc(O)c(O)c1. The molecule has 0 heterocycles. The van der Waals surface area contributed by atoms with Crippen LogP contribution in [0.25, 0.3) is 0 Å². The number of phenols is 2. The minimum Gasteiger partial charge on any atom is -0.504 e. The van der Waals surface area contributed by atoms with E-state index >= 15 is 0 Å². The molecule has 0 saturated heterocycles. The van der Waals surface area contributed by atoms with Gasteiger partial charge in [-0.25, -0.2) is 0 Å². The fourth-order valence-electron chi connectivity index (χ4n) is 1.06. The van der Waals surface area contributed by atoms with E-state index in [1.165, 1.54) is 12.1 Å². The predicted octanol–water partition coefficient (Wildman–Crippen LogP) is 0.928. The van der Waals surface area contributed by atoms with E-state index in [9.17, 15) is 5.11 Å². The number of phenolic OH excluding ortho intramolecular Hbond substituents is 2. The van der Waals surface area contributed by atoms with Crippen molar-refractivity contribution in [2.24, 2.45) is 0 Å². The molecule has 1 rings (SSSR count). The maximum atomic E-state index is 9.48. The summed E-state index contributed by atoms with van der Waals surface area (Å²) in [7, 11) is 1.73. The van der Waals surface area contributed by atoms with Crippen molar-refractivity contribution < 1.29 is 15.3 Å². The minimum absolute atomic E-state index is 0. The molecular formula is C9H14BrNO3. The number of likely N-dealkylation sites (N-methyl/N-ethyl adjacent to an activating group) is 1. The van der Waals surface area contributed by atoms with E-state index in [-0.39, 0.29) is 28.5 Å². The van der Waals surface area contributed by atoms with Gasteiger partial charge < -0.3 is 20.6 Å². The average Bonchev–Trinajstić information content (AvgIpc) is 2.10. The number of rotatable bonds is 3. The first-order chi connectivity index (χ1) is 6.15. The third-order valence-corrected chi connectivity index (χ3v) is 1.78. The Kier molecular flexibility index (Phi) is 5.52. The number of hydrogen-bond acceptors (Lipinski definition) is 4. The van der Waals surface area contributed by atoms with E-state index in [0.717, 1.165) is 0 Å². The van der Waals surface area contributed by atoms with Gasteiger partial charge in [-0.15, -0.1) is 17.0 Å². The topological polar surface area (TPSA) is 72.7 Å². The van der Waals surface area contributed by atoms with Crippen molar-refractivity contribution in [3.63, 3.8) is 0 Å². The Morgan fingerprint density at radius 2 is 1.93 bits per heavy atom. The van der Waals surface area contributed by atoms with Gasteiger partial charge in [-0.1, -0.05) is 6.07 Å². The van der Waals surface area contributed by atoms with Crippen molar-refractivity contribution in [3.8, 4) is 11.5 Å². The number of aromatic hydroxyl groups is 2. The second kappa shape index (κ2) is 5.85. The minimum atomic E-state index is -0.670. The molecule has 4 nitrogen and oxygen atoms in total. The number of aliphatic hydroxyl groups is 1. The number of benzene rings is 1. The summed E-state index contributed by atoms with van der Waals surface area (Å²) in [6.07, 6.45) is -0.670. The van der Waals surface area contributed by atoms with Crippen LogP contribution in [0.2, 0.25) is 0 Å². The lowest BCUT2D eigenvalue weighted by atomic mass is 10.1. The zero-order chi connectivity index (χ0) is 9.84. The van der Waals surface area contributed by atoms with Crippen LogP contribution in [0.4, 0.5) is 0 Å². The van der Waals surface area contributed by atoms with Crippen LogP contribution < -0.4 is 5.32 Å². The van der Waals surface area contributed by atoms with Crippen LogP contribution in [-0.2, 0) is 0 Å². The highest BCUT2D eigenvalue weighted by Crippen LogP contribution is 2.27. The second-order valence-electron chi connectivity index (χ2n) is 2.82. The number of hydrogen-bond donors (Lipinski definition) is 4. The smallest absolute Gasteiger partial charge is 0.157 e. The highest BCUT2D eigenvalue weighted by atomic mass is 79.9. The van der Waals surface area contributed by atoms with Gasteiger partial charge in [0.25, 0.3) is 0 Å². The Labute approximate surface area is 93.0 Å². The highest BCUT2D eigenvalue weighted by Gasteiger charge is 2.08. The summed E-state index contributed by atoms with van der Waals surface area (Å²) in [4.78, 5) is 0. The van der Waals surface area contributed by atoms with Gasteiger partial charge in [0.1, 0.15) is 0 Å². The summed E-state index contributed by atoms with van der Waals surface area (Å²) in [5.74, 6) is -0.395. The van der Waals surface area contributed by atoms with Crippen molar-refractivity contribution in [1.82, 2.24) is 5.32 Å². The molecule has 1 unspecified atom stereocenters. The molecule has 0 aliphatic heterocycles. The predicted molar refractivity (Wildman–Crippen MR) is 59.0 cm³/mol. The van der Waals surface area contributed by atoms with Crippen LogP contribution in [0.15, 0.2) is 18.2 Å². The molecule has 0 aromatic heterocycles. The Hall–Kier alpha value is -0.780. The van der Waals surface area contributed by atoms with Crippen LogP contribution in [0.3, 0.4) is 0 Å². The van der Waals surface area contributed by atoms with E-state index in [4.69, 9.17) is 10.2 Å². The quantitative estimate of drug-likeness (QED) is 0.613. The first-order valence-corrected chi connectivity index (χ1v) is 3.99. The summed E-state index contributed by atoms with van der Waals surface area (Å²) in [6, 6.07) is 4.26. The van der Waals surface area contributed by atoms with Gasteiger partial charge in [0.15, 0.2) is 11.5 Å². The maximum Gasteiger partial charge on any atom is 0.157 e. The molecule has 0 fully saturated rings. The van der Waals surface area contributed by atoms with Gasteiger partial charge in [0, 0.05) is 6.54 Å². The number of halogens is 1. The molecule has 80 valence electrons. The molecule has 0 radical (unpaired) electrons. The molecule has 1 atom stereocenters. The van der Waals surface area contributed by atoms with Crippen LogP contribution >= 0.6 is 17.0 Å². The van der Waals surface area contributed by atoms with Crippen molar-refractivity contribution in [1.29, 1.82) is 0 Å². The van der Waals surface area contributed by atoms with E-state index in [1.54, 1.807) is 13.1 Å². The molecule has 0 aliphatic rings. The van der Waals surface area contributed by atoms with Gasteiger partial charge in [-0.2, -0.15) is 0 Å². The standard InChI is InChI=1S/C9H13NO3.BrH/c1-10-5-9(13)6-2-3-7(11)8(12)4-6;/h2-4,9-13H,5H2,1H3;1H. The molecule has 1 aromatic carbocycles. The van der Waals surface area contributed by atoms with E-state index in [2.05, 4.69) is 5.32 Å². The van der Waals surface area contributed by atoms with Crippen LogP contribution in [0, 0.1) is 0 Å². The Balaban J connectivity index is 0.00000169. The lowest BCUT2D eigenvalue weighted by molar-refractivity contribution is 0.177. The number of nitrogens with one attached hydrogen (secondary N) is 1. The normalized spacial score (nSPS) is 11.9. The second-order valence-corrected chi connectivity index (χ2v) is 2.82. The van der Waals surface area contributed by atoms with Gasteiger partial charge in [0.05, 0.1) is 6.10 Å². The molecule has 0 bridgehead atoms. The zero-order valence-corrected chi connectivity index (χ0v) is 9.48. The average molecular weight is 264 g/mol. The first kappa shape index (κ1) is 13.2. The van der Waals surface area contributed by atoms with Crippen LogP contribution in [0.5, 0.6) is 11.5 Å². The van der Waals surface area contributed by atoms with Gasteiger partial charge in [-0.05, 0) is 24.7 Å². The summed E-state index contributed by atoms with van der Waals surface area (Å²) in [5.41, 5.74) is 0.574. The Bertz CT molecular complexity index is 293. The molecule has 14 heavy (non-hydrogen) atoms. The van der Waals surface area contributed by atoms with Crippen molar-refractivity contribution >= 4 is 17.0 Å². The molecule has 0 spiro atoms. The fourth-order valence-corrected chi connectivity index (χ4v) is 1.06. The summed E-state index contributed by atoms with van der Waals surface area (Å²) >= 11 is 0. The van der Waals surface area contributed by atoms with E-state index in [0.29, 0.717) is 12.1 Å². The number of aliphatic hydroxyl groups excluding tert-OH is 1. The highest BCUT2D eigenvalue weighted by molar-refractivity contribution is 8.93. The summed E-state index contributed by atoms with van der Waals surface area (Å²) < 4.78 is 0. The molecular weight excluding hydrogens is 250 g/mol. The Morgan fingerprint density at radius 3 is 2.43 bits per heavy atom. The van der Waals surface area contributed by atoms with Gasteiger partial charge in [0.2, 0.25) is 0 Å². The van der Waals surface area contributed by atoms with Crippen molar-refractivity contribution in [2.45, 2.75) is 6.10 Å². The van der Waals surface area contributed by atoms with Crippen molar-refractivity contribution in [2.75, 3.05) is 13.6 Å². The lowest BCUT2D eigenvalue weighted by Crippen LogP contribution is -2.16. The third-order valence-electron chi connectivity index (χ3n) is 1.78. The molecule has 5 heteroatoms. The first-order valence-electron chi connectivity index (χ1n) is 3.99. The molecule has 0 amide bonds. The molecule has 0 saturated carbocycles. The van der Waals surface area contributed by atoms with Gasteiger partial charge >= 0.3 is 0 Å². The Morgan fingerprint density at radius 1 is 1.29 bits per heavy atom. The maximum absolute atomic E-state index is 9.48. The van der Waals surface area contributed by atoms with Crippen molar-refractivity contribution in [3.05, 3.63) is 23.8 Å². The fraction of sp³-hybridized carbons (Fsp3) is 0.333. The largest absolute Gasteiger partial charge is 0.504 e. The van der Waals surface area contributed by atoms with Gasteiger partial charge in [-0.3, -0.25) is 0 Å². The van der Waals surface area contributed by atoms with Crippen LogP contribution in [-0.4, -0.2) is 28.9 Å². The lowest BCUT2D eigenvalue weighted by Gasteiger charge is -2.10. The summed E-state index contributed by atoms with van der Waals surface area (Å²) in [6.45, 7) is 0.407. The molecule has 0 aliphatic carbocycles. The van der Waals surface area contributed by atoms with E-state index in [1.807, 2.05) is 0 Å². The summed E-state index contributed by atoms with van der Waals surface area (Å²) in [5, 5.41) is 30.4. The monoisotopic (exact) mass is 263 g/mol. The molecule has 4 N–H and O–H groups in total. The third kappa shape index (κ3) is 3.17. The van der Waals surface area contributed by atoms with Crippen LogP contribution in [0.1, 0.15) is 11.7 Å².